The van der Waals surface area contributed by atoms with E-state index in [0.717, 1.165) is 13.2 Å². The van der Waals surface area contributed by atoms with Crippen molar-refractivity contribution in [2.75, 3.05) is 13.2 Å². The smallest absolute Gasteiger partial charge is 0.0647 e. The Balaban J connectivity index is 2.95. The van der Waals surface area contributed by atoms with Gasteiger partial charge in [0.25, 0.3) is 0 Å². The summed E-state index contributed by atoms with van der Waals surface area (Å²) in [5.74, 6) is 0. The molecule has 0 bridgehead atoms. The Kier molecular flexibility index (Phi) is 13.4. The Morgan fingerprint density at radius 2 is 1.47 bits per heavy atom. The Hall–Kier alpha value is -0.300. The lowest BCUT2D eigenvalue weighted by atomic mass is 10.1. The van der Waals surface area contributed by atoms with Gasteiger partial charge in [-0.1, -0.05) is 57.6 Å². The van der Waals surface area contributed by atoms with Gasteiger partial charge in [0.2, 0.25) is 0 Å². The van der Waals surface area contributed by atoms with Crippen LogP contribution in [0.5, 0.6) is 0 Å². The molecule has 1 nitrogen and oxygen atoms in total. The van der Waals surface area contributed by atoms with Crippen molar-refractivity contribution >= 4 is 0 Å². The average Bonchev–Trinajstić information content (AvgIpc) is 2.26. The molecule has 90 valence electrons. The van der Waals surface area contributed by atoms with Crippen molar-refractivity contribution in [3.05, 3.63) is 12.2 Å². The number of hydrogen-bond acceptors (Lipinski definition) is 1. The van der Waals surface area contributed by atoms with Gasteiger partial charge in [-0.3, -0.25) is 0 Å². The molecule has 0 saturated heterocycles. The van der Waals surface area contributed by atoms with Crippen molar-refractivity contribution in [1.29, 1.82) is 0 Å². The second kappa shape index (κ2) is 13.7. The Morgan fingerprint density at radius 3 is 2.13 bits per heavy atom. The number of ether oxygens (including phenoxy) is 1. The van der Waals surface area contributed by atoms with Gasteiger partial charge in [-0.2, -0.15) is 0 Å². The van der Waals surface area contributed by atoms with Crippen LogP contribution in [0.15, 0.2) is 12.2 Å². The van der Waals surface area contributed by atoms with E-state index in [1.54, 1.807) is 0 Å². The van der Waals surface area contributed by atoms with Crippen LogP contribution >= 0.6 is 0 Å². The quantitative estimate of drug-likeness (QED) is 0.356. The normalized spacial score (nSPS) is 11.3. The topological polar surface area (TPSA) is 9.23 Å². The van der Waals surface area contributed by atoms with E-state index in [2.05, 4.69) is 19.1 Å². The van der Waals surface area contributed by atoms with E-state index in [0.29, 0.717) is 0 Å². The molecule has 0 rings (SSSR count). The summed E-state index contributed by atoms with van der Waals surface area (Å²) < 4.78 is 5.22. The van der Waals surface area contributed by atoms with Crippen molar-refractivity contribution in [2.24, 2.45) is 0 Å². The second-order valence-electron chi connectivity index (χ2n) is 4.04. The van der Waals surface area contributed by atoms with Crippen LogP contribution in [-0.2, 0) is 4.74 Å². The van der Waals surface area contributed by atoms with E-state index < -0.39 is 0 Å². The summed E-state index contributed by atoms with van der Waals surface area (Å²) in [6.45, 7) is 5.90. The number of allylic oxidation sites excluding steroid dienone is 1. The molecule has 0 spiro atoms. The predicted molar refractivity (Wildman–Crippen MR) is 68.2 cm³/mol. The third-order valence-corrected chi connectivity index (χ3v) is 2.56. The molecule has 0 aromatic carbocycles. The SMILES string of the molecule is CCCCCCCCCC=CCOCC. The third-order valence-electron chi connectivity index (χ3n) is 2.56. The van der Waals surface area contributed by atoms with Crippen LogP contribution in [0.25, 0.3) is 0 Å². The fourth-order valence-electron chi connectivity index (χ4n) is 1.59. The summed E-state index contributed by atoms with van der Waals surface area (Å²) in [5, 5.41) is 0. The molecule has 0 aromatic rings. The van der Waals surface area contributed by atoms with Gasteiger partial charge in [-0.05, 0) is 19.8 Å². The molecule has 0 amide bonds. The van der Waals surface area contributed by atoms with Crippen LogP contribution in [0.3, 0.4) is 0 Å². The molecule has 1 heteroatoms. The highest BCUT2D eigenvalue weighted by Crippen LogP contribution is 2.08. The zero-order valence-electron chi connectivity index (χ0n) is 10.6. The van der Waals surface area contributed by atoms with Crippen LogP contribution < -0.4 is 0 Å². The minimum Gasteiger partial charge on any atom is -0.378 e. The van der Waals surface area contributed by atoms with E-state index in [1.807, 2.05) is 6.92 Å². The molecule has 0 heterocycles. The molecule has 0 atom stereocenters. The molecule has 0 unspecified atom stereocenters. The van der Waals surface area contributed by atoms with Gasteiger partial charge in [-0.15, -0.1) is 0 Å². The van der Waals surface area contributed by atoms with Crippen LogP contribution in [0.1, 0.15) is 65.2 Å². The van der Waals surface area contributed by atoms with E-state index in [9.17, 15) is 0 Å². The van der Waals surface area contributed by atoms with Gasteiger partial charge < -0.3 is 4.74 Å². The highest BCUT2D eigenvalue weighted by molar-refractivity contribution is 4.81. The lowest BCUT2D eigenvalue weighted by Gasteiger charge is -1.99. The van der Waals surface area contributed by atoms with Gasteiger partial charge in [0.1, 0.15) is 0 Å². The van der Waals surface area contributed by atoms with Gasteiger partial charge >= 0.3 is 0 Å². The predicted octanol–water partition coefficient (Wildman–Crippen LogP) is 4.72. The molecule has 0 aromatic heterocycles. The molecule has 0 fully saturated rings. The minimum absolute atomic E-state index is 0.785. The fraction of sp³-hybridized carbons (Fsp3) is 0.857. The number of rotatable bonds is 11. The number of hydrogen-bond donors (Lipinski definition) is 0. The standard InChI is InChI=1S/C14H28O/c1-3-5-6-7-8-9-10-11-12-13-14-15-4-2/h12-13H,3-11,14H2,1-2H3. The van der Waals surface area contributed by atoms with E-state index in [1.165, 1.54) is 51.4 Å². The van der Waals surface area contributed by atoms with Crippen molar-refractivity contribution in [1.82, 2.24) is 0 Å². The second-order valence-corrected chi connectivity index (χ2v) is 4.04. The van der Waals surface area contributed by atoms with Crippen molar-refractivity contribution in [2.45, 2.75) is 65.2 Å². The molecule has 0 saturated carbocycles. The Morgan fingerprint density at radius 1 is 0.800 bits per heavy atom. The van der Waals surface area contributed by atoms with Gasteiger partial charge in [0, 0.05) is 6.61 Å². The maximum Gasteiger partial charge on any atom is 0.0647 e. The zero-order chi connectivity index (χ0) is 11.2. The molecule has 0 aliphatic rings. The molecular weight excluding hydrogens is 184 g/mol. The molecule has 15 heavy (non-hydrogen) atoms. The minimum atomic E-state index is 0.785. The zero-order valence-corrected chi connectivity index (χ0v) is 10.6. The van der Waals surface area contributed by atoms with Gasteiger partial charge in [0.15, 0.2) is 0 Å². The Bertz CT molecular complexity index is 129. The number of unbranched alkanes of at least 4 members (excludes halogenated alkanes) is 7. The van der Waals surface area contributed by atoms with E-state index >= 15 is 0 Å². The van der Waals surface area contributed by atoms with Crippen molar-refractivity contribution in [3.8, 4) is 0 Å². The Labute approximate surface area is 95.9 Å². The summed E-state index contributed by atoms with van der Waals surface area (Å²) in [6.07, 6.45) is 15.4. The molecular formula is C14H28O. The van der Waals surface area contributed by atoms with E-state index in [-0.39, 0.29) is 0 Å². The largest absolute Gasteiger partial charge is 0.378 e. The summed E-state index contributed by atoms with van der Waals surface area (Å²) >= 11 is 0. The first kappa shape index (κ1) is 14.7. The summed E-state index contributed by atoms with van der Waals surface area (Å²) in [4.78, 5) is 0. The fourth-order valence-corrected chi connectivity index (χ4v) is 1.59. The lowest BCUT2D eigenvalue weighted by molar-refractivity contribution is 0.177. The van der Waals surface area contributed by atoms with Crippen LogP contribution in [0, 0.1) is 0 Å². The van der Waals surface area contributed by atoms with Crippen LogP contribution in [0.4, 0.5) is 0 Å². The first-order chi connectivity index (χ1) is 7.41. The van der Waals surface area contributed by atoms with Crippen molar-refractivity contribution < 1.29 is 4.74 Å². The molecule has 0 radical (unpaired) electrons. The molecule has 0 aliphatic carbocycles. The summed E-state index contributed by atoms with van der Waals surface area (Å²) in [5.41, 5.74) is 0. The maximum absolute atomic E-state index is 5.22. The highest BCUT2D eigenvalue weighted by atomic mass is 16.5. The van der Waals surface area contributed by atoms with E-state index in [4.69, 9.17) is 4.74 Å². The monoisotopic (exact) mass is 212 g/mol. The first-order valence-corrected chi connectivity index (χ1v) is 6.64. The van der Waals surface area contributed by atoms with Crippen LogP contribution in [-0.4, -0.2) is 13.2 Å². The average molecular weight is 212 g/mol. The van der Waals surface area contributed by atoms with Crippen LogP contribution in [0.2, 0.25) is 0 Å². The summed E-state index contributed by atoms with van der Waals surface area (Å²) in [6, 6.07) is 0. The molecule has 0 N–H and O–H groups in total. The lowest BCUT2D eigenvalue weighted by Crippen LogP contribution is -1.87. The summed E-state index contributed by atoms with van der Waals surface area (Å²) in [7, 11) is 0. The van der Waals surface area contributed by atoms with Gasteiger partial charge in [-0.25, -0.2) is 0 Å². The van der Waals surface area contributed by atoms with Gasteiger partial charge in [0.05, 0.1) is 6.61 Å². The third kappa shape index (κ3) is 13.7. The van der Waals surface area contributed by atoms with Crippen molar-refractivity contribution in [3.63, 3.8) is 0 Å². The molecule has 0 aliphatic heterocycles. The highest BCUT2D eigenvalue weighted by Gasteiger charge is 1.89. The first-order valence-electron chi connectivity index (χ1n) is 6.64. The maximum atomic E-state index is 5.22.